The Labute approximate surface area is 92.8 Å². The standard InChI is InChI=1S/C11H13FN2O2/c12-9-7-8(1-2-10(9)13)11(15)14-3-5-16-6-4-14/h1-2,7H,3-6,13H2. The van der Waals surface area contributed by atoms with Gasteiger partial charge < -0.3 is 15.4 Å². The number of benzene rings is 1. The molecule has 1 amide bonds. The summed E-state index contributed by atoms with van der Waals surface area (Å²) in [6, 6.07) is 4.12. The van der Waals surface area contributed by atoms with Crippen LogP contribution < -0.4 is 5.73 Å². The van der Waals surface area contributed by atoms with Gasteiger partial charge in [0.1, 0.15) is 5.82 Å². The molecule has 2 rings (SSSR count). The Morgan fingerprint density at radius 3 is 2.69 bits per heavy atom. The molecule has 0 aliphatic carbocycles. The zero-order chi connectivity index (χ0) is 11.5. The van der Waals surface area contributed by atoms with Gasteiger partial charge in [0.25, 0.3) is 5.91 Å². The molecule has 2 N–H and O–H groups in total. The number of nitrogens with zero attached hydrogens (tertiary/aromatic N) is 1. The fraction of sp³-hybridized carbons (Fsp3) is 0.364. The van der Waals surface area contributed by atoms with Crippen LogP contribution in [0.1, 0.15) is 10.4 Å². The molecule has 4 nitrogen and oxygen atoms in total. The van der Waals surface area contributed by atoms with Crippen molar-refractivity contribution in [1.82, 2.24) is 4.90 Å². The van der Waals surface area contributed by atoms with E-state index < -0.39 is 5.82 Å². The number of carbonyl (C=O) groups excluding carboxylic acids is 1. The SMILES string of the molecule is Nc1ccc(C(=O)N2CCOCC2)cc1F. The van der Waals surface area contributed by atoms with Crippen LogP contribution in [0.4, 0.5) is 10.1 Å². The van der Waals surface area contributed by atoms with Gasteiger partial charge in [-0.2, -0.15) is 0 Å². The maximum Gasteiger partial charge on any atom is 0.254 e. The summed E-state index contributed by atoms with van der Waals surface area (Å²) in [4.78, 5) is 13.6. The summed E-state index contributed by atoms with van der Waals surface area (Å²) in [6.45, 7) is 2.15. The van der Waals surface area contributed by atoms with Crippen molar-refractivity contribution in [1.29, 1.82) is 0 Å². The molecule has 0 atom stereocenters. The lowest BCUT2D eigenvalue weighted by Crippen LogP contribution is -2.40. The first kappa shape index (κ1) is 10.9. The molecule has 1 aliphatic rings. The number of rotatable bonds is 1. The van der Waals surface area contributed by atoms with Crippen LogP contribution in [0.3, 0.4) is 0 Å². The smallest absolute Gasteiger partial charge is 0.254 e. The van der Waals surface area contributed by atoms with Gasteiger partial charge in [0.05, 0.1) is 18.9 Å². The third-order valence-electron chi connectivity index (χ3n) is 2.55. The first-order chi connectivity index (χ1) is 7.68. The van der Waals surface area contributed by atoms with Crippen molar-refractivity contribution in [2.75, 3.05) is 32.0 Å². The van der Waals surface area contributed by atoms with Gasteiger partial charge in [-0.25, -0.2) is 4.39 Å². The first-order valence-corrected chi connectivity index (χ1v) is 5.10. The fourth-order valence-corrected chi connectivity index (χ4v) is 1.61. The molecule has 0 unspecified atom stereocenters. The van der Waals surface area contributed by atoms with E-state index in [0.717, 1.165) is 0 Å². The minimum Gasteiger partial charge on any atom is -0.396 e. The van der Waals surface area contributed by atoms with Gasteiger partial charge in [0.15, 0.2) is 0 Å². The lowest BCUT2D eigenvalue weighted by molar-refractivity contribution is 0.0302. The normalized spacial score (nSPS) is 16.2. The largest absolute Gasteiger partial charge is 0.396 e. The average molecular weight is 224 g/mol. The second kappa shape index (κ2) is 4.49. The Morgan fingerprint density at radius 1 is 1.38 bits per heavy atom. The van der Waals surface area contributed by atoms with Gasteiger partial charge in [-0.1, -0.05) is 0 Å². The lowest BCUT2D eigenvalue weighted by Gasteiger charge is -2.26. The molecule has 1 fully saturated rings. The van der Waals surface area contributed by atoms with Crippen LogP contribution in [0, 0.1) is 5.82 Å². The highest BCUT2D eigenvalue weighted by atomic mass is 19.1. The number of ether oxygens (including phenoxy) is 1. The van der Waals surface area contributed by atoms with Crippen LogP contribution in [-0.4, -0.2) is 37.1 Å². The first-order valence-electron chi connectivity index (χ1n) is 5.10. The molecule has 0 spiro atoms. The van der Waals surface area contributed by atoms with E-state index in [1.54, 1.807) is 4.90 Å². The molecule has 1 aromatic carbocycles. The van der Waals surface area contributed by atoms with Crippen molar-refractivity contribution in [3.8, 4) is 0 Å². The number of hydrogen-bond donors (Lipinski definition) is 1. The van der Waals surface area contributed by atoms with Crippen LogP contribution in [-0.2, 0) is 4.74 Å². The second-order valence-electron chi connectivity index (χ2n) is 3.64. The predicted molar refractivity (Wildman–Crippen MR) is 57.5 cm³/mol. The number of carbonyl (C=O) groups is 1. The maximum atomic E-state index is 13.2. The summed E-state index contributed by atoms with van der Waals surface area (Å²) in [6.07, 6.45) is 0. The number of nitrogens with two attached hydrogens (primary N) is 1. The van der Waals surface area contributed by atoms with Crippen LogP contribution in [0.25, 0.3) is 0 Å². The average Bonchev–Trinajstić information content (AvgIpc) is 2.33. The summed E-state index contributed by atoms with van der Waals surface area (Å²) < 4.78 is 18.3. The van der Waals surface area contributed by atoms with Crippen molar-refractivity contribution in [2.45, 2.75) is 0 Å². The summed E-state index contributed by atoms with van der Waals surface area (Å²) in [5, 5.41) is 0. The molecule has 1 aliphatic heterocycles. The van der Waals surface area contributed by atoms with E-state index in [0.29, 0.717) is 31.9 Å². The second-order valence-corrected chi connectivity index (χ2v) is 3.64. The Morgan fingerprint density at radius 2 is 2.06 bits per heavy atom. The Bertz CT molecular complexity index is 403. The van der Waals surface area contributed by atoms with E-state index in [9.17, 15) is 9.18 Å². The monoisotopic (exact) mass is 224 g/mol. The molecule has 0 bridgehead atoms. The molecule has 1 saturated heterocycles. The van der Waals surface area contributed by atoms with E-state index in [1.165, 1.54) is 18.2 Å². The lowest BCUT2D eigenvalue weighted by atomic mass is 10.1. The summed E-state index contributed by atoms with van der Waals surface area (Å²) >= 11 is 0. The number of halogens is 1. The fourth-order valence-electron chi connectivity index (χ4n) is 1.61. The number of nitrogen functional groups attached to an aromatic ring is 1. The van der Waals surface area contributed by atoms with Gasteiger partial charge in [-0.05, 0) is 18.2 Å². The molecule has 1 aromatic rings. The van der Waals surface area contributed by atoms with Crippen LogP contribution in [0.15, 0.2) is 18.2 Å². The van der Waals surface area contributed by atoms with E-state index in [1.807, 2.05) is 0 Å². The highest BCUT2D eigenvalue weighted by Crippen LogP contribution is 2.14. The highest BCUT2D eigenvalue weighted by Gasteiger charge is 2.19. The number of amides is 1. The number of anilines is 1. The van der Waals surface area contributed by atoms with Crippen LogP contribution in [0.2, 0.25) is 0 Å². The van der Waals surface area contributed by atoms with Crippen molar-refractivity contribution >= 4 is 11.6 Å². The van der Waals surface area contributed by atoms with E-state index in [-0.39, 0.29) is 11.6 Å². The number of hydrogen-bond acceptors (Lipinski definition) is 3. The molecular weight excluding hydrogens is 211 g/mol. The van der Waals surface area contributed by atoms with E-state index >= 15 is 0 Å². The quantitative estimate of drug-likeness (QED) is 0.720. The van der Waals surface area contributed by atoms with Crippen molar-refractivity contribution in [3.63, 3.8) is 0 Å². The molecule has 0 saturated carbocycles. The van der Waals surface area contributed by atoms with Crippen molar-refractivity contribution in [3.05, 3.63) is 29.6 Å². The summed E-state index contributed by atoms with van der Waals surface area (Å²) in [7, 11) is 0. The van der Waals surface area contributed by atoms with Gasteiger partial charge >= 0.3 is 0 Å². The molecule has 16 heavy (non-hydrogen) atoms. The highest BCUT2D eigenvalue weighted by molar-refractivity contribution is 5.94. The third-order valence-corrected chi connectivity index (χ3v) is 2.55. The van der Waals surface area contributed by atoms with Gasteiger partial charge in [-0.15, -0.1) is 0 Å². The molecule has 0 aromatic heterocycles. The molecule has 86 valence electrons. The predicted octanol–water partition coefficient (Wildman–Crippen LogP) is 0.880. The number of morpholine rings is 1. The van der Waals surface area contributed by atoms with E-state index in [2.05, 4.69) is 0 Å². The maximum absolute atomic E-state index is 13.2. The van der Waals surface area contributed by atoms with Crippen LogP contribution >= 0.6 is 0 Å². The van der Waals surface area contributed by atoms with Gasteiger partial charge in [0, 0.05) is 18.7 Å². The molecule has 5 heteroatoms. The summed E-state index contributed by atoms with van der Waals surface area (Å²) in [5.41, 5.74) is 5.73. The van der Waals surface area contributed by atoms with Gasteiger partial charge in [0.2, 0.25) is 0 Å². The van der Waals surface area contributed by atoms with Crippen LogP contribution in [0.5, 0.6) is 0 Å². The topological polar surface area (TPSA) is 55.6 Å². The molecular formula is C11H13FN2O2. The minimum atomic E-state index is -0.556. The Balaban J connectivity index is 2.16. The molecule has 1 heterocycles. The van der Waals surface area contributed by atoms with E-state index in [4.69, 9.17) is 10.5 Å². The zero-order valence-corrected chi connectivity index (χ0v) is 8.78. The molecule has 0 radical (unpaired) electrons. The van der Waals surface area contributed by atoms with Crippen molar-refractivity contribution < 1.29 is 13.9 Å². The summed E-state index contributed by atoms with van der Waals surface area (Å²) in [5.74, 6) is -0.735. The third kappa shape index (κ3) is 2.14. The Hall–Kier alpha value is -1.62. The van der Waals surface area contributed by atoms with Gasteiger partial charge in [-0.3, -0.25) is 4.79 Å². The Kier molecular flexibility index (Phi) is 3.05. The zero-order valence-electron chi connectivity index (χ0n) is 8.78. The minimum absolute atomic E-state index is 0.0542. The van der Waals surface area contributed by atoms with Crippen molar-refractivity contribution in [2.24, 2.45) is 0 Å².